The average Bonchev–Trinajstić information content (AvgIpc) is 3.21. The fraction of sp³-hybridized carbons (Fsp3) is 0.458. The van der Waals surface area contributed by atoms with E-state index in [-0.39, 0.29) is 5.91 Å². The van der Waals surface area contributed by atoms with Gasteiger partial charge in [-0.2, -0.15) is 0 Å². The van der Waals surface area contributed by atoms with Crippen molar-refractivity contribution in [1.29, 1.82) is 0 Å². The van der Waals surface area contributed by atoms with Crippen LogP contribution in [0, 0.1) is 13.8 Å². The maximum Gasteiger partial charge on any atom is 0.243 e. The van der Waals surface area contributed by atoms with Crippen molar-refractivity contribution in [2.75, 3.05) is 23.7 Å². The molecule has 0 aliphatic carbocycles. The summed E-state index contributed by atoms with van der Waals surface area (Å²) in [5, 5.41) is 2.92. The van der Waals surface area contributed by atoms with Gasteiger partial charge in [-0.05, 0) is 75.0 Å². The fourth-order valence-electron chi connectivity index (χ4n) is 4.11. The van der Waals surface area contributed by atoms with Gasteiger partial charge in [0.25, 0.3) is 0 Å². The van der Waals surface area contributed by atoms with E-state index in [1.54, 1.807) is 6.92 Å². The molecule has 2 aromatic rings. The molecule has 1 aliphatic heterocycles. The second kappa shape index (κ2) is 9.83. The van der Waals surface area contributed by atoms with E-state index in [9.17, 15) is 13.2 Å². The third kappa shape index (κ3) is 6.08. The van der Waals surface area contributed by atoms with Gasteiger partial charge >= 0.3 is 0 Å². The summed E-state index contributed by atoms with van der Waals surface area (Å²) in [6.45, 7) is 8.94. The number of amides is 1. The first-order chi connectivity index (χ1) is 14.6. The van der Waals surface area contributed by atoms with Crippen LogP contribution < -0.4 is 9.62 Å². The number of likely N-dealkylation sites (tertiary alicyclic amines) is 1. The van der Waals surface area contributed by atoms with Crippen molar-refractivity contribution in [3.8, 4) is 0 Å². The molecule has 0 unspecified atom stereocenters. The molecule has 1 fully saturated rings. The maximum atomic E-state index is 12.9. The van der Waals surface area contributed by atoms with Gasteiger partial charge in [0, 0.05) is 13.1 Å². The Bertz CT molecular complexity index is 1030. The number of nitrogens with zero attached hydrogens (tertiary/aromatic N) is 2. The van der Waals surface area contributed by atoms with Crippen molar-refractivity contribution in [2.24, 2.45) is 0 Å². The summed E-state index contributed by atoms with van der Waals surface area (Å²) < 4.78 is 26.3. The average molecular weight is 444 g/mol. The van der Waals surface area contributed by atoms with Crippen LogP contribution in [0.4, 0.5) is 5.69 Å². The van der Waals surface area contributed by atoms with Crippen molar-refractivity contribution in [3.05, 3.63) is 64.7 Å². The minimum atomic E-state index is -3.64. The molecule has 31 heavy (non-hydrogen) atoms. The third-order valence-electron chi connectivity index (χ3n) is 5.75. The predicted octanol–water partition coefficient (Wildman–Crippen LogP) is 3.37. The van der Waals surface area contributed by atoms with Crippen LogP contribution in [0.25, 0.3) is 0 Å². The maximum absolute atomic E-state index is 12.9. The normalized spacial score (nSPS) is 15.6. The predicted molar refractivity (Wildman–Crippen MR) is 126 cm³/mol. The highest BCUT2D eigenvalue weighted by molar-refractivity contribution is 7.92. The largest absolute Gasteiger partial charge is 0.350 e. The summed E-state index contributed by atoms with van der Waals surface area (Å²) in [4.78, 5) is 15.4. The smallest absolute Gasteiger partial charge is 0.243 e. The molecule has 1 aliphatic rings. The number of hydrogen-bond acceptors (Lipinski definition) is 4. The number of sulfonamides is 1. The lowest BCUT2D eigenvalue weighted by Gasteiger charge is -2.29. The molecule has 1 N–H and O–H groups in total. The third-order valence-corrected chi connectivity index (χ3v) is 6.98. The molecular formula is C24H33N3O3S. The van der Waals surface area contributed by atoms with E-state index in [1.807, 2.05) is 44.2 Å². The lowest BCUT2D eigenvalue weighted by Crippen LogP contribution is -2.48. The zero-order chi connectivity index (χ0) is 22.6. The van der Waals surface area contributed by atoms with Gasteiger partial charge in [-0.3, -0.25) is 14.0 Å². The van der Waals surface area contributed by atoms with Gasteiger partial charge in [-0.25, -0.2) is 8.42 Å². The molecule has 6 nitrogen and oxygen atoms in total. The fourth-order valence-corrected chi connectivity index (χ4v) is 5.34. The number of nitrogens with one attached hydrogen (secondary N) is 1. The molecule has 0 spiro atoms. The van der Waals surface area contributed by atoms with Crippen molar-refractivity contribution >= 4 is 21.6 Å². The van der Waals surface area contributed by atoms with E-state index < -0.39 is 16.1 Å². The van der Waals surface area contributed by atoms with Crippen LogP contribution in [-0.4, -0.2) is 44.6 Å². The second-order valence-electron chi connectivity index (χ2n) is 8.55. The first kappa shape index (κ1) is 23.3. The molecule has 0 aromatic heterocycles. The Morgan fingerprint density at radius 1 is 1.10 bits per heavy atom. The molecule has 1 amide bonds. The molecule has 2 aromatic carbocycles. The molecule has 0 saturated carbocycles. The van der Waals surface area contributed by atoms with Crippen LogP contribution >= 0.6 is 0 Å². The Hall–Kier alpha value is -2.38. The first-order valence-electron chi connectivity index (χ1n) is 10.8. The Labute approximate surface area is 186 Å². The minimum Gasteiger partial charge on any atom is -0.350 e. The van der Waals surface area contributed by atoms with Crippen LogP contribution in [0.3, 0.4) is 0 Å². The number of benzene rings is 2. The number of rotatable bonds is 8. The van der Waals surface area contributed by atoms with Crippen LogP contribution in [-0.2, 0) is 27.9 Å². The summed E-state index contributed by atoms with van der Waals surface area (Å²) in [6.07, 6.45) is 3.65. The van der Waals surface area contributed by atoms with Gasteiger partial charge in [0.2, 0.25) is 15.9 Å². The van der Waals surface area contributed by atoms with Crippen molar-refractivity contribution in [2.45, 2.75) is 52.7 Å². The second-order valence-corrected chi connectivity index (χ2v) is 10.4. The monoisotopic (exact) mass is 443 g/mol. The highest BCUT2D eigenvalue weighted by atomic mass is 32.2. The SMILES string of the molecule is Cc1ccc(C)c(N([C@@H](C)C(=O)NCc2cccc(CN3CCCC3)c2)S(C)(=O)=O)c1. The van der Waals surface area contributed by atoms with E-state index in [0.717, 1.165) is 42.6 Å². The molecule has 1 saturated heterocycles. The number of hydrogen-bond donors (Lipinski definition) is 1. The van der Waals surface area contributed by atoms with Crippen LogP contribution in [0.15, 0.2) is 42.5 Å². The molecular weight excluding hydrogens is 410 g/mol. The Morgan fingerprint density at radius 3 is 2.45 bits per heavy atom. The topological polar surface area (TPSA) is 69.7 Å². The highest BCUT2D eigenvalue weighted by Crippen LogP contribution is 2.26. The molecule has 1 heterocycles. The number of carbonyl (C=O) groups is 1. The Balaban J connectivity index is 1.70. The van der Waals surface area contributed by atoms with Gasteiger partial charge in [-0.1, -0.05) is 36.4 Å². The Morgan fingerprint density at radius 2 is 1.77 bits per heavy atom. The lowest BCUT2D eigenvalue weighted by atomic mass is 10.1. The summed E-state index contributed by atoms with van der Waals surface area (Å²) >= 11 is 0. The quantitative estimate of drug-likeness (QED) is 0.679. The summed E-state index contributed by atoms with van der Waals surface area (Å²) in [7, 11) is -3.64. The van der Waals surface area contributed by atoms with Gasteiger partial charge in [-0.15, -0.1) is 0 Å². The highest BCUT2D eigenvalue weighted by Gasteiger charge is 2.30. The zero-order valence-corrected chi connectivity index (χ0v) is 19.7. The van der Waals surface area contributed by atoms with Crippen LogP contribution in [0.2, 0.25) is 0 Å². The molecule has 3 rings (SSSR count). The van der Waals surface area contributed by atoms with E-state index >= 15 is 0 Å². The van der Waals surface area contributed by atoms with E-state index in [4.69, 9.17) is 0 Å². The standard InChI is InChI=1S/C24H33N3O3S/c1-18-10-11-19(2)23(14-18)27(31(4,29)30)20(3)24(28)25-16-21-8-7-9-22(15-21)17-26-12-5-6-13-26/h7-11,14-15,20H,5-6,12-13,16-17H2,1-4H3,(H,25,28)/t20-/m0/s1. The summed E-state index contributed by atoms with van der Waals surface area (Å²) in [6, 6.07) is 13.0. The van der Waals surface area contributed by atoms with E-state index in [2.05, 4.69) is 22.3 Å². The van der Waals surface area contributed by atoms with Crippen molar-refractivity contribution < 1.29 is 13.2 Å². The lowest BCUT2D eigenvalue weighted by molar-refractivity contribution is -0.122. The number of aryl methyl sites for hydroxylation is 2. The molecule has 0 radical (unpaired) electrons. The van der Waals surface area contributed by atoms with Gasteiger partial charge in [0.05, 0.1) is 11.9 Å². The molecule has 1 atom stereocenters. The van der Waals surface area contributed by atoms with Crippen molar-refractivity contribution in [3.63, 3.8) is 0 Å². The molecule has 168 valence electrons. The number of carbonyl (C=O) groups excluding carboxylic acids is 1. The van der Waals surface area contributed by atoms with Crippen molar-refractivity contribution in [1.82, 2.24) is 10.2 Å². The first-order valence-corrected chi connectivity index (χ1v) is 12.6. The van der Waals surface area contributed by atoms with Crippen LogP contribution in [0.1, 0.15) is 42.0 Å². The molecule has 7 heteroatoms. The molecule has 0 bridgehead atoms. The van der Waals surface area contributed by atoms with Crippen LogP contribution in [0.5, 0.6) is 0 Å². The van der Waals surface area contributed by atoms with Gasteiger partial charge in [0.1, 0.15) is 6.04 Å². The van der Waals surface area contributed by atoms with Gasteiger partial charge < -0.3 is 5.32 Å². The number of anilines is 1. The Kier molecular flexibility index (Phi) is 7.38. The van der Waals surface area contributed by atoms with E-state index in [1.165, 1.54) is 22.7 Å². The summed E-state index contributed by atoms with van der Waals surface area (Å²) in [5.74, 6) is -0.323. The zero-order valence-electron chi connectivity index (χ0n) is 18.9. The van der Waals surface area contributed by atoms with E-state index in [0.29, 0.717) is 12.2 Å². The van der Waals surface area contributed by atoms with Gasteiger partial charge in [0.15, 0.2) is 0 Å². The summed E-state index contributed by atoms with van der Waals surface area (Å²) in [5.41, 5.74) is 4.53. The minimum absolute atomic E-state index is 0.323.